The lowest BCUT2D eigenvalue weighted by atomic mass is 9.92. The van der Waals surface area contributed by atoms with Crippen LogP contribution in [0.1, 0.15) is 97.9 Å². The van der Waals surface area contributed by atoms with Crippen molar-refractivity contribution in [2.75, 3.05) is 13.2 Å². The van der Waals surface area contributed by atoms with E-state index in [1.165, 1.54) is 11.9 Å². The molecule has 278 valence electrons. The van der Waals surface area contributed by atoms with Gasteiger partial charge in [0.2, 0.25) is 0 Å². The molecule has 0 spiro atoms. The van der Waals surface area contributed by atoms with Gasteiger partial charge in [0.15, 0.2) is 11.7 Å². The van der Waals surface area contributed by atoms with Gasteiger partial charge in [-0.05, 0) is 96.4 Å². The van der Waals surface area contributed by atoms with E-state index in [0.717, 1.165) is 17.4 Å². The maximum Gasteiger partial charge on any atom is 0.408 e. The van der Waals surface area contributed by atoms with E-state index in [1.807, 2.05) is 37.3 Å². The number of fused-ring (bicyclic) bond motifs is 1. The first kappa shape index (κ1) is 39.2. The van der Waals surface area contributed by atoms with Gasteiger partial charge in [0, 0.05) is 18.5 Å². The van der Waals surface area contributed by atoms with Gasteiger partial charge in [-0.25, -0.2) is 15.0 Å². The van der Waals surface area contributed by atoms with Crippen LogP contribution >= 0.6 is 0 Å². The fraction of sp³-hybridized carbons (Fsp3) is 0.568. The van der Waals surface area contributed by atoms with E-state index in [9.17, 15) is 29.1 Å². The first-order valence-corrected chi connectivity index (χ1v) is 17.5. The van der Waals surface area contributed by atoms with E-state index >= 15 is 0 Å². The topological polar surface area (TPSA) is 185 Å². The quantitative estimate of drug-likeness (QED) is 0.242. The molecule has 2 saturated heterocycles. The van der Waals surface area contributed by atoms with E-state index in [2.05, 4.69) is 16.1 Å². The van der Waals surface area contributed by atoms with Gasteiger partial charge in [-0.2, -0.15) is 0 Å². The monoisotopic (exact) mass is 709 g/mol. The Balaban J connectivity index is 1.47. The van der Waals surface area contributed by atoms with Crippen LogP contribution in [-0.2, 0) is 33.4 Å². The number of alkyl carbamates (subject to hydrolysis) is 1. The van der Waals surface area contributed by atoms with E-state index < -0.39 is 71.2 Å². The molecule has 2 aromatic rings. The third-order valence-electron chi connectivity index (χ3n) is 8.68. The predicted octanol–water partition coefficient (Wildman–Crippen LogP) is 4.43. The van der Waals surface area contributed by atoms with Crippen LogP contribution in [0.25, 0.3) is 17.0 Å². The lowest BCUT2D eigenvalue weighted by Crippen LogP contribution is -2.60. The Morgan fingerprint density at radius 3 is 2.43 bits per heavy atom. The largest absolute Gasteiger partial charge is 0.480 e. The standard InChI is InChI=1S/C37H51N5O9/c1-22(2)30(31(43)38-24(4)32(44)42-19-10-11-28(41-42)33(45)46)50-34(47)37(17-8-9-20-49-37)18-16-25-12-13-26-14-15-27(40-29(26)21-25)23(3)39-35(48)51-36(5,6)7/h12-16,18,21-24,28,30,41H,8-11,17,19-20H2,1-7H3,(H,38,43)(H,39,48)(H,45,46)/b18-16+/t23?,24?,28-,30?,37?/m0/s1. The second-order valence-corrected chi connectivity index (χ2v) is 14.5. The van der Waals surface area contributed by atoms with Crippen molar-refractivity contribution in [3.63, 3.8) is 0 Å². The summed E-state index contributed by atoms with van der Waals surface area (Å²) in [6, 6.07) is 7.13. The number of hydrazine groups is 1. The summed E-state index contributed by atoms with van der Waals surface area (Å²) in [4.78, 5) is 68.8. The first-order valence-electron chi connectivity index (χ1n) is 17.5. The zero-order chi connectivity index (χ0) is 37.5. The molecule has 1 aromatic heterocycles. The normalized spacial score (nSPS) is 21.5. The van der Waals surface area contributed by atoms with Crippen molar-refractivity contribution >= 4 is 46.8 Å². The third-order valence-corrected chi connectivity index (χ3v) is 8.68. The van der Waals surface area contributed by atoms with E-state index in [1.54, 1.807) is 46.8 Å². The molecule has 0 radical (unpaired) electrons. The summed E-state index contributed by atoms with van der Waals surface area (Å²) in [5.41, 5.74) is 2.72. The van der Waals surface area contributed by atoms with Crippen LogP contribution < -0.4 is 16.1 Å². The zero-order valence-electron chi connectivity index (χ0n) is 30.5. The second kappa shape index (κ2) is 16.6. The molecule has 3 amide bonds. The number of aromatic nitrogens is 1. The highest BCUT2D eigenvalue weighted by Gasteiger charge is 2.43. The molecule has 14 nitrogen and oxygen atoms in total. The average molecular weight is 710 g/mol. The van der Waals surface area contributed by atoms with Crippen molar-refractivity contribution in [2.24, 2.45) is 5.92 Å². The van der Waals surface area contributed by atoms with E-state index in [0.29, 0.717) is 50.0 Å². The van der Waals surface area contributed by atoms with Crippen LogP contribution in [0, 0.1) is 5.92 Å². The number of carbonyl (C=O) groups excluding carboxylic acids is 4. The van der Waals surface area contributed by atoms with Crippen molar-refractivity contribution in [1.82, 2.24) is 26.1 Å². The van der Waals surface area contributed by atoms with Crippen molar-refractivity contribution < 1.29 is 43.3 Å². The molecule has 1 aromatic carbocycles. The number of nitrogens with one attached hydrogen (secondary N) is 3. The van der Waals surface area contributed by atoms with Crippen LogP contribution in [0.5, 0.6) is 0 Å². The number of pyridine rings is 1. The molecule has 3 heterocycles. The number of amides is 3. The van der Waals surface area contributed by atoms with Crippen LogP contribution in [0.2, 0.25) is 0 Å². The summed E-state index contributed by atoms with van der Waals surface area (Å²) in [5, 5.41) is 16.9. The molecule has 0 saturated carbocycles. The van der Waals surface area contributed by atoms with Gasteiger partial charge in [0.25, 0.3) is 11.8 Å². The van der Waals surface area contributed by atoms with Crippen molar-refractivity contribution in [2.45, 2.75) is 116 Å². The highest BCUT2D eigenvalue weighted by atomic mass is 16.6. The van der Waals surface area contributed by atoms with Gasteiger partial charge in [0.05, 0.1) is 17.3 Å². The number of hydrogen-bond donors (Lipinski definition) is 4. The number of benzene rings is 1. The highest BCUT2D eigenvalue weighted by Crippen LogP contribution is 2.31. The van der Waals surface area contributed by atoms with Crippen LogP contribution in [0.15, 0.2) is 36.4 Å². The third kappa shape index (κ3) is 10.5. The number of hydrogen-bond acceptors (Lipinski definition) is 10. The summed E-state index contributed by atoms with van der Waals surface area (Å²) in [6.45, 7) is 12.8. The number of carbonyl (C=O) groups is 5. The Kier molecular flexibility index (Phi) is 12.8. The second-order valence-electron chi connectivity index (χ2n) is 14.5. The molecule has 2 aliphatic heterocycles. The smallest absolute Gasteiger partial charge is 0.408 e. The number of ether oxygens (including phenoxy) is 3. The summed E-state index contributed by atoms with van der Waals surface area (Å²) in [6.07, 6.45) is 4.37. The van der Waals surface area contributed by atoms with E-state index in [-0.39, 0.29) is 0 Å². The molecule has 2 aliphatic rings. The molecule has 0 aliphatic carbocycles. The SMILES string of the molecule is CC(NC(=O)C(OC(=O)C1(/C=C/c2ccc3ccc(C(C)NC(=O)OC(C)(C)C)nc3c2)CCCCO1)C(C)C)C(=O)N1CCC[C@@H](C(=O)O)N1. The molecule has 0 bridgehead atoms. The van der Waals surface area contributed by atoms with Gasteiger partial charge in [-0.15, -0.1) is 0 Å². The Bertz CT molecular complexity index is 1630. The fourth-order valence-corrected chi connectivity index (χ4v) is 5.88. The number of rotatable bonds is 11. The van der Waals surface area contributed by atoms with E-state index in [4.69, 9.17) is 19.2 Å². The zero-order valence-corrected chi connectivity index (χ0v) is 30.5. The Morgan fingerprint density at radius 1 is 1.06 bits per heavy atom. The maximum absolute atomic E-state index is 13.9. The van der Waals surface area contributed by atoms with Gasteiger partial charge < -0.3 is 30.0 Å². The molecular weight excluding hydrogens is 658 g/mol. The number of esters is 1. The fourth-order valence-electron chi connectivity index (χ4n) is 5.88. The highest BCUT2D eigenvalue weighted by molar-refractivity contribution is 5.92. The van der Waals surface area contributed by atoms with Crippen LogP contribution in [0.3, 0.4) is 0 Å². The minimum atomic E-state index is -1.44. The molecule has 4 N–H and O–H groups in total. The summed E-state index contributed by atoms with van der Waals surface area (Å²) < 4.78 is 17.3. The lowest BCUT2D eigenvalue weighted by molar-refractivity contribution is -0.181. The maximum atomic E-state index is 13.9. The molecule has 4 rings (SSSR count). The van der Waals surface area contributed by atoms with Gasteiger partial charge in [-0.3, -0.25) is 24.4 Å². The number of aliphatic carboxylic acids is 1. The minimum Gasteiger partial charge on any atom is -0.480 e. The predicted molar refractivity (Wildman–Crippen MR) is 189 cm³/mol. The molecule has 51 heavy (non-hydrogen) atoms. The molecule has 5 atom stereocenters. The van der Waals surface area contributed by atoms with Crippen LogP contribution in [0.4, 0.5) is 4.79 Å². The molecule has 2 fully saturated rings. The van der Waals surface area contributed by atoms with Crippen molar-refractivity contribution in [1.29, 1.82) is 0 Å². The molecule has 14 heteroatoms. The van der Waals surface area contributed by atoms with Gasteiger partial charge in [0.1, 0.15) is 17.7 Å². The Labute approximate surface area is 298 Å². The Hall–Kier alpha value is -4.56. The molecular formula is C37H51N5O9. The first-order chi connectivity index (χ1) is 24.0. The van der Waals surface area contributed by atoms with Gasteiger partial charge in [-0.1, -0.05) is 38.1 Å². The Morgan fingerprint density at radius 2 is 1.78 bits per heavy atom. The average Bonchev–Trinajstić information content (AvgIpc) is 3.08. The molecule has 4 unspecified atom stereocenters. The summed E-state index contributed by atoms with van der Waals surface area (Å²) >= 11 is 0. The minimum absolute atomic E-state index is 0.302. The van der Waals surface area contributed by atoms with Crippen LogP contribution in [-0.4, -0.2) is 87.5 Å². The van der Waals surface area contributed by atoms with Crippen molar-refractivity contribution in [3.05, 3.63) is 47.7 Å². The number of carboxylic acid groups (broad SMARTS) is 1. The van der Waals surface area contributed by atoms with Gasteiger partial charge >= 0.3 is 18.0 Å². The summed E-state index contributed by atoms with van der Waals surface area (Å²) in [7, 11) is 0. The number of nitrogens with zero attached hydrogens (tertiary/aromatic N) is 2. The lowest BCUT2D eigenvalue weighted by Gasteiger charge is -2.35. The van der Waals surface area contributed by atoms with Crippen molar-refractivity contribution in [3.8, 4) is 0 Å². The number of carboxylic acids is 1. The summed E-state index contributed by atoms with van der Waals surface area (Å²) in [5.74, 6) is -3.35.